The van der Waals surface area contributed by atoms with E-state index in [1.165, 1.54) is 12.1 Å². The van der Waals surface area contributed by atoms with E-state index in [-0.39, 0.29) is 18.0 Å². The van der Waals surface area contributed by atoms with Gasteiger partial charge in [0.2, 0.25) is 0 Å². The van der Waals surface area contributed by atoms with Crippen molar-refractivity contribution in [3.63, 3.8) is 0 Å². The van der Waals surface area contributed by atoms with Crippen LogP contribution in [-0.2, 0) is 9.47 Å². The van der Waals surface area contributed by atoms with Gasteiger partial charge in [-0.3, -0.25) is 0 Å². The molecule has 0 saturated carbocycles. The predicted octanol–water partition coefficient (Wildman–Crippen LogP) is 2.24. The molecule has 1 unspecified atom stereocenters. The number of benzene rings is 1. The highest BCUT2D eigenvalue weighted by atomic mass is 19.1. The van der Waals surface area contributed by atoms with Gasteiger partial charge >= 0.3 is 0 Å². The van der Waals surface area contributed by atoms with Crippen molar-refractivity contribution < 1.29 is 13.9 Å². The van der Waals surface area contributed by atoms with E-state index in [2.05, 4.69) is 12.2 Å². The first-order valence-electron chi connectivity index (χ1n) is 5.94. The van der Waals surface area contributed by atoms with Crippen molar-refractivity contribution in [2.45, 2.75) is 25.5 Å². The lowest BCUT2D eigenvalue weighted by molar-refractivity contribution is -0.137. The Bertz CT molecular complexity index is 336. The summed E-state index contributed by atoms with van der Waals surface area (Å²) >= 11 is 0. The summed E-state index contributed by atoms with van der Waals surface area (Å²) in [5.74, 6) is -0.200. The minimum atomic E-state index is -0.200. The molecule has 17 heavy (non-hydrogen) atoms. The number of halogens is 1. The van der Waals surface area contributed by atoms with Gasteiger partial charge in [-0.15, -0.1) is 0 Å². The van der Waals surface area contributed by atoms with Crippen molar-refractivity contribution in [1.29, 1.82) is 0 Å². The second kappa shape index (κ2) is 6.10. The Balaban J connectivity index is 1.80. The van der Waals surface area contributed by atoms with Gasteiger partial charge in [0.15, 0.2) is 0 Å². The maximum absolute atomic E-state index is 12.8. The zero-order valence-corrected chi connectivity index (χ0v) is 9.99. The Hall–Kier alpha value is -0.970. The maximum atomic E-state index is 12.8. The van der Waals surface area contributed by atoms with Gasteiger partial charge < -0.3 is 14.8 Å². The molecule has 0 bridgehead atoms. The van der Waals surface area contributed by atoms with Crippen LogP contribution in [0, 0.1) is 5.82 Å². The molecule has 1 aliphatic rings. The number of hydrogen-bond acceptors (Lipinski definition) is 3. The van der Waals surface area contributed by atoms with Gasteiger partial charge in [0, 0.05) is 12.6 Å². The summed E-state index contributed by atoms with van der Waals surface area (Å²) in [6, 6.07) is 6.77. The predicted molar refractivity (Wildman–Crippen MR) is 63.1 cm³/mol. The SMILES string of the molecule is C[C@H](NCC1CCOCO1)c1ccc(F)cc1. The smallest absolute Gasteiger partial charge is 0.147 e. The van der Waals surface area contributed by atoms with Crippen molar-refractivity contribution >= 4 is 0 Å². The van der Waals surface area contributed by atoms with E-state index in [0.717, 1.165) is 25.1 Å². The first kappa shape index (κ1) is 12.5. The summed E-state index contributed by atoms with van der Waals surface area (Å²) in [5, 5.41) is 3.39. The summed E-state index contributed by atoms with van der Waals surface area (Å²) in [6.07, 6.45) is 1.13. The highest BCUT2D eigenvalue weighted by Gasteiger charge is 2.15. The van der Waals surface area contributed by atoms with E-state index in [4.69, 9.17) is 9.47 Å². The van der Waals surface area contributed by atoms with Crippen molar-refractivity contribution in [3.8, 4) is 0 Å². The lowest BCUT2D eigenvalue weighted by Gasteiger charge is -2.25. The highest BCUT2D eigenvalue weighted by Crippen LogP contribution is 2.13. The van der Waals surface area contributed by atoms with Gasteiger partial charge in [0.05, 0.1) is 12.7 Å². The van der Waals surface area contributed by atoms with Crippen molar-refractivity contribution in [1.82, 2.24) is 5.32 Å². The van der Waals surface area contributed by atoms with Crippen LogP contribution in [0.4, 0.5) is 4.39 Å². The third kappa shape index (κ3) is 3.77. The maximum Gasteiger partial charge on any atom is 0.147 e. The summed E-state index contributed by atoms with van der Waals surface area (Å²) in [7, 11) is 0. The average molecular weight is 239 g/mol. The standard InChI is InChI=1S/C13H18FNO2/c1-10(11-2-4-12(14)5-3-11)15-8-13-6-7-16-9-17-13/h2-5,10,13,15H,6-9H2,1H3/t10-,13?/m0/s1. The molecule has 0 aliphatic carbocycles. The van der Waals surface area contributed by atoms with Gasteiger partial charge in [0.25, 0.3) is 0 Å². The third-order valence-corrected chi connectivity index (χ3v) is 2.99. The van der Waals surface area contributed by atoms with E-state index >= 15 is 0 Å². The molecule has 0 amide bonds. The molecular formula is C13H18FNO2. The van der Waals surface area contributed by atoms with E-state index in [1.54, 1.807) is 12.1 Å². The molecule has 1 heterocycles. The Kier molecular flexibility index (Phi) is 4.48. The molecule has 2 atom stereocenters. The van der Waals surface area contributed by atoms with Gasteiger partial charge in [0.1, 0.15) is 12.6 Å². The van der Waals surface area contributed by atoms with Crippen LogP contribution in [0.1, 0.15) is 24.9 Å². The topological polar surface area (TPSA) is 30.5 Å². The van der Waals surface area contributed by atoms with Gasteiger partial charge in [-0.05, 0) is 31.0 Å². The Morgan fingerprint density at radius 2 is 2.18 bits per heavy atom. The summed E-state index contributed by atoms with van der Waals surface area (Å²) < 4.78 is 23.3. The lowest BCUT2D eigenvalue weighted by Crippen LogP contribution is -2.35. The molecule has 0 aromatic heterocycles. The van der Waals surface area contributed by atoms with Crippen LogP contribution in [0.2, 0.25) is 0 Å². The summed E-state index contributed by atoms with van der Waals surface area (Å²) in [4.78, 5) is 0. The zero-order valence-electron chi connectivity index (χ0n) is 9.99. The molecule has 1 saturated heterocycles. The fourth-order valence-electron chi connectivity index (χ4n) is 1.84. The van der Waals surface area contributed by atoms with Crippen LogP contribution in [-0.4, -0.2) is 26.0 Å². The summed E-state index contributed by atoms with van der Waals surface area (Å²) in [5.41, 5.74) is 1.08. The molecule has 1 aromatic rings. The average Bonchev–Trinajstić information content (AvgIpc) is 2.38. The minimum absolute atomic E-state index is 0.196. The zero-order chi connectivity index (χ0) is 12.1. The van der Waals surface area contributed by atoms with Crippen LogP contribution in [0.5, 0.6) is 0 Å². The molecule has 2 rings (SSSR count). The normalized spacial score (nSPS) is 22.4. The number of rotatable bonds is 4. The molecule has 94 valence electrons. The van der Waals surface area contributed by atoms with Crippen LogP contribution >= 0.6 is 0 Å². The Labute approximate surface area is 101 Å². The molecule has 1 aromatic carbocycles. The Morgan fingerprint density at radius 3 is 2.82 bits per heavy atom. The van der Waals surface area contributed by atoms with E-state index in [9.17, 15) is 4.39 Å². The third-order valence-electron chi connectivity index (χ3n) is 2.99. The van der Waals surface area contributed by atoms with E-state index in [1.807, 2.05) is 0 Å². The molecule has 1 fully saturated rings. The number of hydrogen-bond donors (Lipinski definition) is 1. The van der Waals surface area contributed by atoms with Crippen molar-refractivity contribution in [2.75, 3.05) is 19.9 Å². The molecule has 0 radical (unpaired) electrons. The molecule has 1 aliphatic heterocycles. The molecular weight excluding hydrogens is 221 g/mol. The monoisotopic (exact) mass is 239 g/mol. The number of ether oxygens (including phenoxy) is 2. The van der Waals surface area contributed by atoms with Crippen molar-refractivity contribution in [2.24, 2.45) is 0 Å². The van der Waals surface area contributed by atoms with Gasteiger partial charge in [-0.2, -0.15) is 0 Å². The fraction of sp³-hybridized carbons (Fsp3) is 0.538. The Morgan fingerprint density at radius 1 is 1.41 bits per heavy atom. The first-order valence-corrected chi connectivity index (χ1v) is 5.94. The summed E-state index contributed by atoms with van der Waals surface area (Å²) in [6.45, 7) is 4.00. The number of nitrogens with one attached hydrogen (secondary N) is 1. The van der Waals surface area contributed by atoms with Gasteiger partial charge in [-0.25, -0.2) is 4.39 Å². The van der Waals surface area contributed by atoms with Gasteiger partial charge in [-0.1, -0.05) is 12.1 Å². The largest absolute Gasteiger partial charge is 0.355 e. The van der Waals surface area contributed by atoms with E-state index < -0.39 is 0 Å². The van der Waals surface area contributed by atoms with Crippen LogP contribution < -0.4 is 5.32 Å². The lowest BCUT2D eigenvalue weighted by atomic mass is 10.1. The molecule has 0 spiro atoms. The molecule has 3 nitrogen and oxygen atoms in total. The second-order valence-corrected chi connectivity index (χ2v) is 4.28. The highest BCUT2D eigenvalue weighted by molar-refractivity contribution is 5.19. The molecule has 4 heteroatoms. The van der Waals surface area contributed by atoms with Crippen LogP contribution in [0.25, 0.3) is 0 Å². The van der Waals surface area contributed by atoms with Crippen LogP contribution in [0.15, 0.2) is 24.3 Å². The van der Waals surface area contributed by atoms with Crippen molar-refractivity contribution in [3.05, 3.63) is 35.6 Å². The first-order chi connectivity index (χ1) is 8.25. The van der Waals surface area contributed by atoms with E-state index in [0.29, 0.717) is 6.79 Å². The van der Waals surface area contributed by atoms with Crippen LogP contribution in [0.3, 0.4) is 0 Å². The quantitative estimate of drug-likeness (QED) is 0.874. The second-order valence-electron chi connectivity index (χ2n) is 4.28. The molecule has 1 N–H and O–H groups in total. The minimum Gasteiger partial charge on any atom is -0.355 e. The fourth-order valence-corrected chi connectivity index (χ4v) is 1.84.